The summed E-state index contributed by atoms with van der Waals surface area (Å²) in [6.45, 7) is 4.60. The van der Waals surface area contributed by atoms with Crippen LogP contribution in [0.2, 0.25) is 0 Å². The normalized spacial score (nSPS) is 11.5. The number of unbranched alkanes of at least 4 members (excludes halogenated alkanes) is 18. The zero-order valence-corrected chi connectivity index (χ0v) is 49.9. The molecule has 0 heterocycles. The maximum atomic E-state index is 5.77. The van der Waals surface area contributed by atoms with Gasteiger partial charge >= 0.3 is 0 Å². The number of ether oxygens (including phenoxy) is 4. The van der Waals surface area contributed by atoms with Crippen LogP contribution in [0.5, 0.6) is 23.0 Å². The van der Waals surface area contributed by atoms with E-state index in [1.165, 1.54) is 204 Å². The summed E-state index contributed by atoms with van der Waals surface area (Å²) in [7, 11) is 4.81. The molecule has 0 saturated heterocycles. The van der Waals surface area contributed by atoms with Crippen LogP contribution in [0.1, 0.15) is 153 Å². The van der Waals surface area contributed by atoms with Crippen molar-refractivity contribution >= 4 is 69.2 Å². The van der Waals surface area contributed by atoms with Crippen LogP contribution >= 0.6 is 15.8 Å². The third-order valence-corrected chi connectivity index (χ3v) is 20.8. The number of aryl methyl sites for hydroxylation is 2. The van der Waals surface area contributed by atoms with E-state index in [4.69, 9.17) is 18.9 Å². The molecule has 0 unspecified atom stereocenters. The van der Waals surface area contributed by atoms with Crippen molar-refractivity contribution in [3.05, 3.63) is 169 Å². The van der Waals surface area contributed by atoms with Gasteiger partial charge in [0.2, 0.25) is 0 Å². The summed E-state index contributed by atoms with van der Waals surface area (Å²) in [5.41, 5.74) is 5.46. The first kappa shape index (κ1) is 58.5. The topological polar surface area (TPSA) is 36.9 Å². The molecule has 0 aliphatic rings. The molecule has 0 fully saturated rings. The van der Waals surface area contributed by atoms with Crippen molar-refractivity contribution in [2.24, 2.45) is 0 Å². The van der Waals surface area contributed by atoms with Gasteiger partial charge in [-0.1, -0.05) is 239 Å². The van der Waals surface area contributed by atoms with E-state index in [1.807, 2.05) is 0 Å². The Hall–Kier alpha value is -5.66. The zero-order valence-electron chi connectivity index (χ0n) is 48.1. The molecule has 78 heavy (non-hydrogen) atoms. The summed E-state index contributed by atoms with van der Waals surface area (Å²) in [5.74, 6) is 3.41. The fraction of sp³-hybridized carbons (Fsp3) is 0.389. The molecule has 0 aliphatic carbocycles. The summed E-state index contributed by atoms with van der Waals surface area (Å²) < 4.78 is 23.1. The lowest BCUT2D eigenvalue weighted by Crippen LogP contribution is -2.26. The lowest BCUT2D eigenvalue weighted by molar-refractivity contribution is 0.415. The van der Waals surface area contributed by atoms with Crippen molar-refractivity contribution < 1.29 is 18.9 Å². The molecule has 8 aromatic carbocycles. The largest absolute Gasteiger partial charge is 0.497 e. The zero-order chi connectivity index (χ0) is 54.3. The van der Waals surface area contributed by atoms with Gasteiger partial charge in [0, 0.05) is 0 Å². The van der Waals surface area contributed by atoms with E-state index in [1.54, 1.807) is 28.4 Å². The van der Waals surface area contributed by atoms with E-state index in [9.17, 15) is 0 Å². The average molecular weight is 1080 g/mol. The molecule has 0 spiro atoms. The lowest BCUT2D eigenvalue weighted by Gasteiger charge is -2.29. The maximum Gasteiger partial charge on any atom is 0.118 e. The van der Waals surface area contributed by atoms with Gasteiger partial charge in [-0.25, -0.2) is 0 Å². The van der Waals surface area contributed by atoms with Crippen molar-refractivity contribution in [1.29, 1.82) is 0 Å². The van der Waals surface area contributed by atoms with Gasteiger partial charge in [0.15, 0.2) is 0 Å². The molecule has 8 rings (SSSR count). The highest BCUT2D eigenvalue weighted by atomic mass is 31.1. The van der Waals surface area contributed by atoms with Gasteiger partial charge in [0.05, 0.1) is 28.4 Å². The van der Waals surface area contributed by atoms with Crippen LogP contribution in [0.15, 0.2) is 158 Å². The summed E-state index contributed by atoms with van der Waals surface area (Å²) in [6.07, 6.45) is 29.0. The minimum absolute atomic E-state index is 0.853. The summed E-state index contributed by atoms with van der Waals surface area (Å²) in [5, 5.41) is 12.9. The Morgan fingerprint density at radius 2 is 0.551 bits per heavy atom. The van der Waals surface area contributed by atoms with E-state index < -0.39 is 15.8 Å². The van der Waals surface area contributed by atoms with Crippen molar-refractivity contribution in [3.63, 3.8) is 0 Å². The highest BCUT2D eigenvalue weighted by Crippen LogP contribution is 2.47. The van der Waals surface area contributed by atoms with E-state index in [-0.39, 0.29) is 0 Å². The van der Waals surface area contributed by atoms with E-state index in [0.29, 0.717) is 0 Å². The van der Waals surface area contributed by atoms with Crippen molar-refractivity contribution in [2.75, 3.05) is 28.4 Å². The second-order valence-electron chi connectivity index (χ2n) is 21.4. The smallest absolute Gasteiger partial charge is 0.118 e. The average Bonchev–Trinajstić information content (AvgIpc) is 3.68. The lowest BCUT2D eigenvalue weighted by atomic mass is 9.91. The van der Waals surface area contributed by atoms with Gasteiger partial charge in [-0.2, -0.15) is 0 Å². The van der Waals surface area contributed by atoms with E-state index in [0.717, 1.165) is 35.8 Å². The Morgan fingerprint density at radius 1 is 0.282 bits per heavy atom. The Bertz CT molecular complexity index is 2730. The molecular formula is C72H88O4P2. The predicted octanol–water partition coefficient (Wildman–Crippen LogP) is 18.1. The van der Waals surface area contributed by atoms with Gasteiger partial charge in [-0.15, -0.1) is 0 Å². The van der Waals surface area contributed by atoms with Crippen molar-refractivity contribution in [1.82, 2.24) is 0 Å². The molecule has 0 bridgehead atoms. The third kappa shape index (κ3) is 15.8. The van der Waals surface area contributed by atoms with Crippen LogP contribution in [0.25, 0.3) is 32.7 Å². The fourth-order valence-corrected chi connectivity index (χ4v) is 16.2. The van der Waals surface area contributed by atoms with Gasteiger partial charge in [-0.05, 0) is 166 Å². The summed E-state index contributed by atoms with van der Waals surface area (Å²) in [4.78, 5) is 0. The van der Waals surface area contributed by atoms with Crippen LogP contribution in [-0.4, -0.2) is 28.4 Å². The van der Waals surface area contributed by atoms with Gasteiger partial charge in [0.1, 0.15) is 23.0 Å². The van der Waals surface area contributed by atoms with Crippen LogP contribution in [0.3, 0.4) is 0 Å². The first-order valence-electron chi connectivity index (χ1n) is 29.7. The van der Waals surface area contributed by atoms with Crippen molar-refractivity contribution in [3.8, 4) is 34.1 Å². The number of hydrogen-bond donors (Lipinski definition) is 0. The number of hydrogen-bond acceptors (Lipinski definition) is 4. The molecule has 0 atom stereocenters. The first-order chi connectivity index (χ1) is 38.5. The molecule has 6 heteroatoms. The highest BCUT2D eigenvalue weighted by molar-refractivity contribution is 7.80. The SMILES string of the molecule is CCCCCCCCCCCCc1ccc2c(-c3c(P(c4ccc(OC)cc4)c4ccc(OC)cc4)ccc4cc(CCCCCCCCCCCC)ccc34)c(P(c3ccc(OC)cc3)c3ccc(OC)cc3)ccc2c1. The number of benzene rings is 8. The quantitative estimate of drug-likeness (QED) is 0.0303. The van der Waals surface area contributed by atoms with Gasteiger partial charge < -0.3 is 18.9 Å². The van der Waals surface area contributed by atoms with E-state index in [2.05, 4.69) is 172 Å². The number of fused-ring (bicyclic) bond motifs is 2. The van der Waals surface area contributed by atoms with Crippen LogP contribution in [-0.2, 0) is 12.8 Å². The minimum atomic E-state index is -1.10. The molecule has 0 saturated carbocycles. The van der Waals surface area contributed by atoms with E-state index >= 15 is 0 Å². The highest BCUT2D eigenvalue weighted by Gasteiger charge is 2.29. The monoisotopic (exact) mass is 1080 g/mol. The Balaban J connectivity index is 1.29. The second kappa shape index (κ2) is 31.2. The van der Waals surface area contributed by atoms with Crippen LogP contribution in [0, 0.1) is 0 Å². The minimum Gasteiger partial charge on any atom is -0.497 e. The molecule has 0 aromatic heterocycles. The molecular weight excluding hydrogens is 991 g/mol. The predicted molar refractivity (Wildman–Crippen MR) is 342 cm³/mol. The Kier molecular flexibility index (Phi) is 23.4. The van der Waals surface area contributed by atoms with Crippen molar-refractivity contribution in [2.45, 2.75) is 155 Å². The standard InChI is InChI=1S/C72H88O4P2/c1-7-9-11-13-15-17-19-21-23-25-27-55-29-49-67-57(53-55)31-51-69(77(63-41-33-59(73-3)34-42-63)64-43-35-60(74-4)36-44-64)71(67)72-68-50-30-56(28-26-24-22-20-18-16-14-12-10-8-2)54-58(68)32-52-70(72)78(65-45-37-61(75-5)38-46-65)66-47-39-62(76-6)40-48-66/h29-54H,7-28H2,1-6H3. The second-order valence-corrected chi connectivity index (χ2v) is 25.7. The molecule has 0 aliphatic heterocycles. The third-order valence-electron chi connectivity index (χ3n) is 15.8. The number of methoxy groups -OCH3 is 4. The molecule has 0 amide bonds. The molecule has 410 valence electrons. The first-order valence-corrected chi connectivity index (χ1v) is 32.4. The maximum absolute atomic E-state index is 5.77. The van der Waals surface area contributed by atoms with Gasteiger partial charge in [0.25, 0.3) is 0 Å². The van der Waals surface area contributed by atoms with Crippen LogP contribution in [0.4, 0.5) is 0 Å². The molecule has 0 radical (unpaired) electrons. The Labute approximate surface area is 472 Å². The Morgan fingerprint density at radius 3 is 0.821 bits per heavy atom. The van der Waals surface area contributed by atoms with Crippen LogP contribution < -0.4 is 50.8 Å². The van der Waals surface area contributed by atoms with Gasteiger partial charge in [-0.3, -0.25) is 0 Å². The molecule has 4 nitrogen and oxygen atoms in total. The molecule has 8 aromatic rings. The summed E-state index contributed by atoms with van der Waals surface area (Å²) >= 11 is 0. The number of rotatable bonds is 33. The molecule has 0 N–H and O–H groups in total. The summed E-state index contributed by atoms with van der Waals surface area (Å²) in [6, 6.07) is 59.9. The fourth-order valence-electron chi connectivity index (χ4n) is 11.4.